The fourth-order valence-electron chi connectivity index (χ4n) is 1.47. The number of rotatable bonds is 5. The Kier molecular flexibility index (Phi) is 5.47. The van der Waals surface area contributed by atoms with Gasteiger partial charge in [0, 0.05) is 0 Å². The second-order valence-corrected chi connectivity index (χ2v) is 3.92. The molecule has 0 spiro atoms. The molecule has 0 radical (unpaired) electrons. The predicted octanol–water partition coefficient (Wildman–Crippen LogP) is 2.63. The van der Waals surface area contributed by atoms with Crippen LogP contribution in [0.4, 0.5) is 22.0 Å². The van der Waals surface area contributed by atoms with Gasteiger partial charge in [-0.1, -0.05) is 6.07 Å². The molecule has 9 heteroatoms. The van der Waals surface area contributed by atoms with Crippen LogP contribution >= 0.6 is 0 Å². The Morgan fingerprint density at radius 2 is 2.00 bits per heavy atom. The van der Waals surface area contributed by atoms with E-state index in [0.29, 0.717) is 12.1 Å². The molecule has 1 aromatic carbocycles. The van der Waals surface area contributed by atoms with E-state index in [4.69, 9.17) is 5.73 Å². The molecule has 2 atom stereocenters. The van der Waals surface area contributed by atoms with Crippen LogP contribution in [0.15, 0.2) is 18.2 Å². The van der Waals surface area contributed by atoms with Gasteiger partial charge < -0.3 is 15.2 Å². The smallest absolute Gasteiger partial charge is 0.464 e. The Morgan fingerprint density at radius 3 is 2.48 bits per heavy atom. The van der Waals surface area contributed by atoms with Gasteiger partial charge in [0.05, 0.1) is 12.6 Å². The third-order valence-corrected chi connectivity index (χ3v) is 2.39. The lowest BCUT2D eigenvalue weighted by atomic mass is 10.0. The highest BCUT2D eigenvalue weighted by molar-refractivity contribution is 5.75. The lowest BCUT2D eigenvalue weighted by Gasteiger charge is -2.17. The van der Waals surface area contributed by atoms with Gasteiger partial charge >= 0.3 is 12.3 Å². The van der Waals surface area contributed by atoms with E-state index in [9.17, 15) is 26.7 Å². The lowest BCUT2D eigenvalue weighted by molar-refractivity contribution is -0.275. The van der Waals surface area contributed by atoms with Gasteiger partial charge in [0.25, 0.3) is 0 Å². The monoisotopic (exact) mass is 313 g/mol. The summed E-state index contributed by atoms with van der Waals surface area (Å²) < 4.78 is 70.8. The maximum atomic E-state index is 13.6. The first-order valence-electron chi connectivity index (χ1n) is 5.77. The van der Waals surface area contributed by atoms with Crippen LogP contribution in [0, 0.1) is 5.82 Å². The van der Waals surface area contributed by atoms with E-state index < -0.39 is 36.1 Å². The third kappa shape index (κ3) is 4.85. The zero-order chi connectivity index (χ0) is 16.2. The second kappa shape index (κ2) is 6.70. The van der Waals surface area contributed by atoms with Crippen LogP contribution in [0.1, 0.15) is 18.5 Å². The van der Waals surface area contributed by atoms with Crippen molar-refractivity contribution in [3.63, 3.8) is 0 Å². The number of hydrogen-bond acceptors (Lipinski definition) is 4. The Balaban J connectivity index is 2.90. The van der Waals surface area contributed by atoms with E-state index in [-0.39, 0.29) is 12.2 Å². The number of benzene rings is 1. The number of carbonyl (C=O) groups is 1. The standard InChI is InChI=1S/C12H12F5NO3/c1-2-20-11(19)9(14)10(18)6-3-4-8(7(13)5-6)21-12(15,16)17/h3-5,9-10H,2,18H2,1H3/t9?,10-/m1/s1. The van der Waals surface area contributed by atoms with Crippen molar-refractivity contribution >= 4 is 5.97 Å². The molecule has 1 unspecified atom stereocenters. The number of nitrogens with two attached hydrogens (primary N) is 1. The maximum Gasteiger partial charge on any atom is 0.573 e. The minimum absolute atomic E-state index is 0.0707. The van der Waals surface area contributed by atoms with Crippen molar-refractivity contribution in [2.24, 2.45) is 5.73 Å². The summed E-state index contributed by atoms with van der Waals surface area (Å²) in [5, 5.41) is 0. The third-order valence-electron chi connectivity index (χ3n) is 2.39. The second-order valence-electron chi connectivity index (χ2n) is 3.92. The SMILES string of the molecule is CCOC(=O)C(F)[C@H](N)c1ccc(OC(F)(F)F)c(F)c1. The van der Waals surface area contributed by atoms with Gasteiger partial charge in [0.2, 0.25) is 6.17 Å². The van der Waals surface area contributed by atoms with E-state index in [1.54, 1.807) is 0 Å². The summed E-state index contributed by atoms with van der Waals surface area (Å²) in [6.45, 7) is 1.39. The van der Waals surface area contributed by atoms with Gasteiger partial charge in [-0.25, -0.2) is 13.6 Å². The molecular weight excluding hydrogens is 301 g/mol. The van der Waals surface area contributed by atoms with Crippen LogP contribution in [-0.2, 0) is 9.53 Å². The first-order chi connectivity index (χ1) is 9.65. The molecule has 0 aliphatic carbocycles. The van der Waals surface area contributed by atoms with Crippen LogP contribution in [0.2, 0.25) is 0 Å². The number of alkyl halides is 4. The molecule has 0 aliphatic rings. The molecule has 0 aliphatic heterocycles. The summed E-state index contributed by atoms with van der Waals surface area (Å²) in [5.74, 6) is -3.69. The summed E-state index contributed by atoms with van der Waals surface area (Å²) in [7, 11) is 0. The molecule has 0 bridgehead atoms. The molecule has 21 heavy (non-hydrogen) atoms. The highest BCUT2D eigenvalue weighted by atomic mass is 19.4. The number of halogens is 5. The summed E-state index contributed by atoms with van der Waals surface area (Å²) in [4.78, 5) is 11.2. The van der Waals surface area contributed by atoms with Crippen molar-refractivity contribution in [3.8, 4) is 5.75 Å². The van der Waals surface area contributed by atoms with E-state index in [1.807, 2.05) is 0 Å². The molecule has 0 amide bonds. The molecule has 4 nitrogen and oxygen atoms in total. The van der Waals surface area contributed by atoms with Gasteiger partial charge in [-0.3, -0.25) is 0 Å². The highest BCUT2D eigenvalue weighted by Crippen LogP contribution is 2.28. The first kappa shape index (κ1) is 17.2. The fourth-order valence-corrected chi connectivity index (χ4v) is 1.47. The minimum atomic E-state index is -5.06. The Morgan fingerprint density at radius 1 is 1.38 bits per heavy atom. The quantitative estimate of drug-likeness (QED) is 0.670. The van der Waals surface area contributed by atoms with Crippen LogP contribution < -0.4 is 10.5 Å². The van der Waals surface area contributed by atoms with Crippen molar-refractivity contribution in [2.45, 2.75) is 25.5 Å². The van der Waals surface area contributed by atoms with Gasteiger partial charge in [0.15, 0.2) is 11.6 Å². The number of hydrogen-bond donors (Lipinski definition) is 1. The molecule has 0 fully saturated rings. The summed E-state index contributed by atoms with van der Waals surface area (Å²) in [6.07, 6.45) is -7.32. The van der Waals surface area contributed by atoms with E-state index in [1.165, 1.54) is 6.92 Å². The average Bonchev–Trinajstić information content (AvgIpc) is 2.38. The predicted molar refractivity (Wildman–Crippen MR) is 61.5 cm³/mol. The molecule has 2 N–H and O–H groups in total. The first-order valence-corrected chi connectivity index (χ1v) is 5.77. The van der Waals surface area contributed by atoms with E-state index in [2.05, 4.69) is 9.47 Å². The number of carbonyl (C=O) groups excluding carboxylic acids is 1. The average molecular weight is 313 g/mol. The zero-order valence-electron chi connectivity index (χ0n) is 10.8. The summed E-state index contributed by atoms with van der Waals surface area (Å²) in [6, 6.07) is 0.576. The highest BCUT2D eigenvalue weighted by Gasteiger charge is 2.33. The van der Waals surface area contributed by atoms with E-state index >= 15 is 0 Å². The normalized spacial score (nSPS) is 14.4. The van der Waals surface area contributed by atoms with Crippen molar-refractivity contribution in [3.05, 3.63) is 29.6 Å². The Labute approximate surface area is 116 Å². The van der Waals surface area contributed by atoms with Gasteiger partial charge in [-0.2, -0.15) is 0 Å². The number of ether oxygens (including phenoxy) is 2. The van der Waals surface area contributed by atoms with Crippen molar-refractivity contribution in [1.29, 1.82) is 0 Å². The van der Waals surface area contributed by atoms with Crippen LogP contribution in [0.5, 0.6) is 5.75 Å². The molecular formula is C12H12F5NO3. The van der Waals surface area contributed by atoms with Gasteiger partial charge in [-0.05, 0) is 24.6 Å². The van der Waals surface area contributed by atoms with Crippen LogP contribution in [0.25, 0.3) is 0 Å². The lowest BCUT2D eigenvalue weighted by Crippen LogP contribution is -2.31. The van der Waals surface area contributed by atoms with Crippen molar-refractivity contribution in [2.75, 3.05) is 6.61 Å². The summed E-state index contributed by atoms with van der Waals surface area (Å²) in [5.41, 5.74) is 5.20. The van der Waals surface area contributed by atoms with Gasteiger partial charge in [0.1, 0.15) is 0 Å². The largest absolute Gasteiger partial charge is 0.573 e. The Bertz CT molecular complexity index is 506. The number of esters is 1. The fraction of sp³-hybridized carbons (Fsp3) is 0.417. The molecule has 0 saturated carbocycles. The molecule has 0 aromatic heterocycles. The van der Waals surface area contributed by atoms with Crippen molar-refractivity contribution in [1.82, 2.24) is 0 Å². The molecule has 1 rings (SSSR count). The minimum Gasteiger partial charge on any atom is -0.464 e. The van der Waals surface area contributed by atoms with E-state index in [0.717, 1.165) is 6.07 Å². The Hall–Kier alpha value is -1.90. The van der Waals surface area contributed by atoms with Crippen LogP contribution in [-0.4, -0.2) is 25.1 Å². The molecule has 1 aromatic rings. The van der Waals surface area contributed by atoms with Gasteiger partial charge in [-0.15, -0.1) is 13.2 Å². The molecule has 0 saturated heterocycles. The topological polar surface area (TPSA) is 61.5 Å². The van der Waals surface area contributed by atoms with Crippen molar-refractivity contribution < 1.29 is 36.2 Å². The summed E-state index contributed by atoms with van der Waals surface area (Å²) >= 11 is 0. The molecule has 118 valence electrons. The van der Waals surface area contributed by atoms with Crippen LogP contribution in [0.3, 0.4) is 0 Å². The maximum absolute atomic E-state index is 13.6. The molecule has 0 heterocycles. The zero-order valence-corrected chi connectivity index (χ0v) is 10.8.